The Bertz CT molecular complexity index is 499. The van der Waals surface area contributed by atoms with Crippen LogP contribution in [0.1, 0.15) is 0 Å². The van der Waals surface area contributed by atoms with Crippen LogP contribution in [-0.2, 0) is 0 Å². The van der Waals surface area contributed by atoms with E-state index in [0.29, 0.717) is 10.3 Å². The van der Waals surface area contributed by atoms with Crippen LogP contribution in [0.5, 0.6) is 0 Å². The molecule has 0 saturated heterocycles. The summed E-state index contributed by atoms with van der Waals surface area (Å²) in [4.78, 5) is 8.00. The molecule has 0 amide bonds. The molecule has 0 aromatic carbocycles. The summed E-state index contributed by atoms with van der Waals surface area (Å²) in [6, 6.07) is 3.77. The summed E-state index contributed by atoms with van der Waals surface area (Å²) in [7, 11) is 0. The van der Waals surface area contributed by atoms with Crippen molar-refractivity contribution < 1.29 is 0 Å². The largest absolute Gasteiger partial charge is 0.243 e. The number of hydrogen-bond acceptors (Lipinski definition) is 2. The molecule has 0 N–H and O–H groups in total. The van der Waals surface area contributed by atoms with Gasteiger partial charge in [0, 0.05) is 23.5 Å². The van der Waals surface area contributed by atoms with Gasteiger partial charge in [-0.3, -0.25) is 0 Å². The van der Waals surface area contributed by atoms with Crippen LogP contribution in [0.15, 0.2) is 29.0 Å². The van der Waals surface area contributed by atoms with Crippen LogP contribution in [0.3, 0.4) is 0 Å². The lowest BCUT2D eigenvalue weighted by molar-refractivity contribution is 1.28. The molecule has 2 rings (SSSR count). The van der Waals surface area contributed by atoms with Crippen LogP contribution in [0, 0.1) is 3.57 Å². The number of halogens is 4. The van der Waals surface area contributed by atoms with E-state index in [4.69, 9.17) is 23.2 Å². The zero-order valence-corrected chi connectivity index (χ0v) is 13.0. The van der Waals surface area contributed by atoms with E-state index in [0.717, 1.165) is 19.2 Å². The summed E-state index contributed by atoms with van der Waals surface area (Å²) in [5.74, 6) is 0. The molecule has 6 heteroatoms. The Hall–Kier alpha value is 0.0900. The molecule has 0 aliphatic heterocycles. The number of rotatable bonds is 1. The number of hydrogen-bond donors (Lipinski definition) is 0. The maximum atomic E-state index is 5.97. The summed E-state index contributed by atoms with van der Waals surface area (Å²) in [6.07, 6.45) is 3.33. The van der Waals surface area contributed by atoms with Crippen molar-refractivity contribution in [2.24, 2.45) is 0 Å². The topological polar surface area (TPSA) is 25.8 Å². The molecular formula is C10H4BrCl2IN2. The molecule has 82 valence electrons. The van der Waals surface area contributed by atoms with Crippen LogP contribution < -0.4 is 0 Å². The fourth-order valence-corrected chi connectivity index (χ4v) is 2.63. The van der Waals surface area contributed by atoms with Crippen LogP contribution in [-0.4, -0.2) is 9.97 Å². The summed E-state index contributed by atoms with van der Waals surface area (Å²) in [5.41, 5.74) is 1.94. The van der Waals surface area contributed by atoms with Gasteiger partial charge < -0.3 is 0 Å². The second kappa shape index (κ2) is 5.16. The monoisotopic (exact) mass is 428 g/mol. The lowest BCUT2D eigenvalue weighted by atomic mass is 10.1. The molecule has 0 spiro atoms. The number of aromatic nitrogens is 2. The molecule has 2 nitrogen and oxygen atoms in total. The molecule has 0 atom stereocenters. The van der Waals surface area contributed by atoms with Gasteiger partial charge in [-0.15, -0.1) is 0 Å². The van der Waals surface area contributed by atoms with Gasteiger partial charge in [-0.2, -0.15) is 0 Å². The van der Waals surface area contributed by atoms with Gasteiger partial charge in [-0.25, -0.2) is 9.97 Å². The van der Waals surface area contributed by atoms with E-state index in [1.165, 1.54) is 0 Å². The standard InChI is InChI=1S/C10H4BrCl2IN2/c11-7-5(1-3-15-9(7)12)6-2-4-16-10(13)8(6)14/h1-4H. The fraction of sp³-hybridized carbons (Fsp3) is 0. The Morgan fingerprint density at radius 3 is 2.25 bits per heavy atom. The van der Waals surface area contributed by atoms with Crippen molar-refractivity contribution in [1.29, 1.82) is 0 Å². The van der Waals surface area contributed by atoms with Crippen LogP contribution in [0.4, 0.5) is 0 Å². The average molecular weight is 430 g/mol. The first-order valence-electron chi connectivity index (χ1n) is 4.21. The molecule has 0 aliphatic carbocycles. The Kier molecular flexibility index (Phi) is 4.05. The maximum absolute atomic E-state index is 5.97. The van der Waals surface area contributed by atoms with Crippen molar-refractivity contribution in [2.75, 3.05) is 0 Å². The van der Waals surface area contributed by atoms with Crippen molar-refractivity contribution in [3.63, 3.8) is 0 Å². The molecule has 0 bridgehead atoms. The maximum Gasteiger partial charge on any atom is 0.143 e. The Morgan fingerprint density at radius 2 is 1.56 bits per heavy atom. The minimum atomic E-state index is 0.432. The third-order valence-corrected chi connectivity index (χ3v) is 5.00. The predicted octanol–water partition coefficient (Wildman–Crippen LogP) is 4.82. The first-order valence-corrected chi connectivity index (χ1v) is 6.84. The lowest BCUT2D eigenvalue weighted by Gasteiger charge is -2.08. The van der Waals surface area contributed by atoms with Crippen molar-refractivity contribution in [3.05, 3.63) is 42.9 Å². The molecular weight excluding hydrogens is 426 g/mol. The van der Waals surface area contributed by atoms with Crippen LogP contribution in [0.25, 0.3) is 11.1 Å². The quantitative estimate of drug-likeness (QED) is 0.480. The van der Waals surface area contributed by atoms with Gasteiger partial charge >= 0.3 is 0 Å². The lowest BCUT2D eigenvalue weighted by Crippen LogP contribution is -1.89. The van der Waals surface area contributed by atoms with Gasteiger partial charge in [0.25, 0.3) is 0 Å². The minimum Gasteiger partial charge on any atom is -0.243 e. The normalized spacial score (nSPS) is 10.5. The second-order valence-corrected chi connectivity index (χ2v) is 5.51. The third kappa shape index (κ3) is 2.34. The molecule has 0 fully saturated rings. The van der Waals surface area contributed by atoms with Crippen molar-refractivity contribution in [3.8, 4) is 11.1 Å². The van der Waals surface area contributed by atoms with E-state index >= 15 is 0 Å². The average Bonchev–Trinajstić information content (AvgIpc) is 2.27. The highest BCUT2D eigenvalue weighted by atomic mass is 127. The van der Waals surface area contributed by atoms with E-state index in [2.05, 4.69) is 48.5 Å². The van der Waals surface area contributed by atoms with Crippen molar-refractivity contribution in [1.82, 2.24) is 9.97 Å². The third-order valence-electron chi connectivity index (χ3n) is 1.98. The molecule has 0 unspecified atom stereocenters. The predicted molar refractivity (Wildman–Crippen MR) is 77.9 cm³/mol. The molecule has 2 heterocycles. The SMILES string of the molecule is Clc1nccc(-c2ccnc(Cl)c2I)c1Br. The molecule has 16 heavy (non-hydrogen) atoms. The van der Waals surface area contributed by atoms with Crippen molar-refractivity contribution >= 4 is 61.7 Å². The summed E-state index contributed by atoms with van der Waals surface area (Å²) in [6.45, 7) is 0. The zero-order chi connectivity index (χ0) is 11.7. The molecule has 0 radical (unpaired) electrons. The highest BCUT2D eigenvalue weighted by molar-refractivity contribution is 14.1. The van der Waals surface area contributed by atoms with Gasteiger partial charge in [0.15, 0.2) is 0 Å². The highest BCUT2D eigenvalue weighted by Crippen LogP contribution is 2.36. The van der Waals surface area contributed by atoms with E-state index < -0.39 is 0 Å². The molecule has 0 saturated carbocycles. The van der Waals surface area contributed by atoms with Crippen LogP contribution >= 0.6 is 61.7 Å². The van der Waals surface area contributed by atoms with E-state index in [9.17, 15) is 0 Å². The van der Waals surface area contributed by atoms with Gasteiger partial charge in [0.05, 0.1) is 8.04 Å². The van der Waals surface area contributed by atoms with E-state index in [-0.39, 0.29) is 0 Å². The zero-order valence-electron chi connectivity index (χ0n) is 7.72. The van der Waals surface area contributed by atoms with Gasteiger partial charge in [0.2, 0.25) is 0 Å². The van der Waals surface area contributed by atoms with E-state index in [1.54, 1.807) is 12.4 Å². The Balaban J connectivity index is 2.68. The first kappa shape index (κ1) is 12.5. The van der Waals surface area contributed by atoms with E-state index in [1.807, 2.05) is 12.1 Å². The second-order valence-electron chi connectivity index (χ2n) is 2.93. The molecule has 2 aromatic heterocycles. The number of nitrogens with zero attached hydrogens (tertiary/aromatic N) is 2. The van der Waals surface area contributed by atoms with Crippen molar-refractivity contribution in [2.45, 2.75) is 0 Å². The Labute approximate surface area is 125 Å². The smallest absolute Gasteiger partial charge is 0.143 e. The Morgan fingerprint density at radius 1 is 1.00 bits per heavy atom. The highest BCUT2D eigenvalue weighted by Gasteiger charge is 2.12. The molecule has 0 aliphatic rings. The van der Waals surface area contributed by atoms with Gasteiger partial charge in [0.1, 0.15) is 10.3 Å². The van der Waals surface area contributed by atoms with Crippen LogP contribution in [0.2, 0.25) is 10.3 Å². The first-order chi connectivity index (χ1) is 7.61. The minimum absolute atomic E-state index is 0.432. The fourth-order valence-electron chi connectivity index (χ4n) is 1.25. The number of pyridine rings is 2. The van der Waals surface area contributed by atoms with Gasteiger partial charge in [-0.05, 0) is 50.7 Å². The summed E-state index contributed by atoms with van der Waals surface area (Å²) < 4.78 is 1.65. The summed E-state index contributed by atoms with van der Waals surface area (Å²) in [5, 5.41) is 0.916. The van der Waals surface area contributed by atoms with Gasteiger partial charge in [-0.1, -0.05) is 23.2 Å². The summed E-state index contributed by atoms with van der Waals surface area (Å²) >= 11 is 17.5. The molecule has 2 aromatic rings.